The van der Waals surface area contributed by atoms with Gasteiger partial charge in [0.25, 0.3) is 0 Å². The van der Waals surface area contributed by atoms with Crippen LogP contribution in [0.5, 0.6) is 0 Å². The summed E-state index contributed by atoms with van der Waals surface area (Å²) in [5.74, 6) is 0.0654. The Hall–Kier alpha value is -2.88. The normalized spacial score (nSPS) is 16.0. The quantitative estimate of drug-likeness (QED) is 0.744. The van der Waals surface area contributed by atoms with Crippen LogP contribution in [0, 0.1) is 5.92 Å². The predicted octanol–water partition coefficient (Wildman–Crippen LogP) is 4.38. The highest BCUT2D eigenvalue weighted by Gasteiger charge is 2.27. The molecule has 1 saturated heterocycles. The highest BCUT2D eigenvalue weighted by atomic mass is 16.2. The molecule has 4 heteroatoms. The number of hydrogen-bond acceptors (Lipinski definition) is 2. The van der Waals surface area contributed by atoms with Crippen LogP contribution >= 0.6 is 0 Å². The molecule has 0 bridgehead atoms. The van der Waals surface area contributed by atoms with Crippen molar-refractivity contribution in [3.05, 3.63) is 77.4 Å². The molecule has 2 aromatic rings. The highest BCUT2D eigenvalue weighted by Crippen LogP contribution is 2.20. The fourth-order valence-electron chi connectivity index (χ4n) is 3.66. The molecule has 0 radical (unpaired) electrons. The maximum Gasteiger partial charge on any atom is 0.246 e. The summed E-state index contributed by atoms with van der Waals surface area (Å²) in [6.07, 6.45) is 5.89. The van der Waals surface area contributed by atoms with Crippen LogP contribution in [-0.2, 0) is 16.0 Å². The van der Waals surface area contributed by atoms with Gasteiger partial charge in [-0.2, -0.15) is 0 Å². The van der Waals surface area contributed by atoms with Gasteiger partial charge in [-0.25, -0.2) is 0 Å². The van der Waals surface area contributed by atoms with E-state index in [9.17, 15) is 9.59 Å². The first-order chi connectivity index (χ1) is 14.1. The van der Waals surface area contributed by atoms with E-state index in [0.29, 0.717) is 25.9 Å². The van der Waals surface area contributed by atoms with Gasteiger partial charge in [0.05, 0.1) is 6.04 Å². The van der Waals surface area contributed by atoms with Crippen molar-refractivity contribution in [3.63, 3.8) is 0 Å². The molecule has 2 aromatic carbocycles. The zero-order chi connectivity index (χ0) is 20.6. The van der Waals surface area contributed by atoms with Crippen LogP contribution in [0.25, 0.3) is 6.08 Å². The molecule has 0 spiro atoms. The van der Waals surface area contributed by atoms with Crippen LogP contribution in [0.15, 0.2) is 60.7 Å². The SMILES string of the molecule is CCc1ccc(C(C)NC(=O)C2CCN(C(=O)/C=C/c3ccccc3)CC2)cc1. The Morgan fingerprint density at radius 1 is 1.07 bits per heavy atom. The lowest BCUT2D eigenvalue weighted by molar-refractivity contribution is -0.132. The summed E-state index contributed by atoms with van der Waals surface area (Å²) in [4.78, 5) is 26.9. The van der Waals surface area contributed by atoms with Gasteiger partial charge in [-0.3, -0.25) is 9.59 Å². The van der Waals surface area contributed by atoms with Crippen molar-refractivity contribution in [2.75, 3.05) is 13.1 Å². The topological polar surface area (TPSA) is 49.4 Å². The first-order valence-corrected chi connectivity index (χ1v) is 10.5. The van der Waals surface area contributed by atoms with Crippen LogP contribution in [0.4, 0.5) is 0 Å². The first-order valence-electron chi connectivity index (χ1n) is 10.5. The van der Waals surface area contributed by atoms with Crippen molar-refractivity contribution in [2.45, 2.75) is 39.2 Å². The second-order valence-corrected chi connectivity index (χ2v) is 7.67. The van der Waals surface area contributed by atoms with Gasteiger partial charge in [-0.15, -0.1) is 0 Å². The minimum absolute atomic E-state index is 0.0112. The van der Waals surface area contributed by atoms with E-state index in [-0.39, 0.29) is 23.8 Å². The van der Waals surface area contributed by atoms with Crippen molar-refractivity contribution in [3.8, 4) is 0 Å². The molecule has 3 rings (SSSR count). The summed E-state index contributed by atoms with van der Waals surface area (Å²) < 4.78 is 0. The van der Waals surface area contributed by atoms with Crippen LogP contribution in [0.1, 0.15) is 49.4 Å². The third-order valence-electron chi connectivity index (χ3n) is 5.64. The average molecular weight is 391 g/mol. The summed E-state index contributed by atoms with van der Waals surface area (Å²) in [5, 5.41) is 3.14. The predicted molar refractivity (Wildman–Crippen MR) is 117 cm³/mol. The summed E-state index contributed by atoms with van der Waals surface area (Å²) in [6.45, 7) is 5.39. The second kappa shape index (κ2) is 10.1. The standard InChI is InChI=1S/C25H30N2O2/c1-3-20-9-12-22(13-10-20)19(2)26-25(29)23-15-17-27(18-16-23)24(28)14-11-21-7-5-4-6-8-21/h4-14,19,23H,3,15-18H2,1-2H3,(H,26,29)/b14-11+. The van der Waals surface area contributed by atoms with Gasteiger partial charge in [-0.1, -0.05) is 61.5 Å². The van der Waals surface area contributed by atoms with E-state index in [0.717, 1.165) is 17.5 Å². The van der Waals surface area contributed by atoms with E-state index in [4.69, 9.17) is 0 Å². The Labute approximate surface area is 173 Å². The van der Waals surface area contributed by atoms with E-state index < -0.39 is 0 Å². The number of benzene rings is 2. The number of nitrogens with zero attached hydrogens (tertiary/aromatic N) is 1. The fraction of sp³-hybridized carbons (Fsp3) is 0.360. The molecule has 0 aromatic heterocycles. The van der Waals surface area contributed by atoms with Crippen molar-refractivity contribution in [2.24, 2.45) is 5.92 Å². The maximum absolute atomic E-state index is 12.7. The number of piperidine rings is 1. The fourth-order valence-corrected chi connectivity index (χ4v) is 3.66. The number of rotatable bonds is 6. The molecular formula is C25H30N2O2. The molecule has 4 nitrogen and oxygen atoms in total. The molecule has 1 heterocycles. The van der Waals surface area contributed by atoms with Crippen LogP contribution in [0.2, 0.25) is 0 Å². The van der Waals surface area contributed by atoms with Crippen molar-refractivity contribution in [1.82, 2.24) is 10.2 Å². The Kier molecular flexibility index (Phi) is 7.23. The van der Waals surface area contributed by atoms with Crippen LogP contribution in [-0.4, -0.2) is 29.8 Å². The summed E-state index contributed by atoms with van der Waals surface area (Å²) in [5.41, 5.74) is 3.43. The van der Waals surface area contributed by atoms with Gasteiger partial charge in [-0.05, 0) is 49.0 Å². The molecule has 1 unspecified atom stereocenters. The second-order valence-electron chi connectivity index (χ2n) is 7.67. The van der Waals surface area contributed by atoms with Crippen LogP contribution in [0.3, 0.4) is 0 Å². The Balaban J connectivity index is 1.47. The van der Waals surface area contributed by atoms with E-state index in [1.807, 2.05) is 48.2 Å². The molecule has 29 heavy (non-hydrogen) atoms. The zero-order valence-corrected chi connectivity index (χ0v) is 17.3. The molecule has 1 fully saturated rings. The van der Waals surface area contributed by atoms with E-state index in [1.165, 1.54) is 5.56 Å². The minimum Gasteiger partial charge on any atom is -0.349 e. The van der Waals surface area contributed by atoms with Gasteiger partial charge in [0.15, 0.2) is 0 Å². The molecule has 1 aliphatic rings. The number of amides is 2. The molecule has 1 N–H and O–H groups in total. The molecular weight excluding hydrogens is 360 g/mol. The third-order valence-corrected chi connectivity index (χ3v) is 5.64. The van der Waals surface area contributed by atoms with E-state index >= 15 is 0 Å². The van der Waals surface area contributed by atoms with Gasteiger partial charge >= 0.3 is 0 Å². The van der Waals surface area contributed by atoms with Crippen molar-refractivity contribution >= 4 is 17.9 Å². The van der Waals surface area contributed by atoms with Crippen molar-refractivity contribution in [1.29, 1.82) is 0 Å². The van der Waals surface area contributed by atoms with E-state index in [2.05, 4.69) is 36.5 Å². The Bertz CT molecular complexity index is 835. The number of hydrogen-bond donors (Lipinski definition) is 1. The molecule has 0 aliphatic carbocycles. The molecule has 2 amide bonds. The lowest BCUT2D eigenvalue weighted by Gasteiger charge is -2.31. The number of carbonyl (C=O) groups is 2. The molecule has 1 aliphatic heterocycles. The maximum atomic E-state index is 12.7. The van der Waals surface area contributed by atoms with Gasteiger partial charge in [0, 0.05) is 25.1 Å². The third kappa shape index (κ3) is 5.80. The smallest absolute Gasteiger partial charge is 0.246 e. The number of aryl methyl sites for hydroxylation is 1. The molecule has 1 atom stereocenters. The monoisotopic (exact) mass is 390 g/mol. The lowest BCUT2D eigenvalue weighted by atomic mass is 9.95. The Morgan fingerprint density at radius 3 is 2.34 bits per heavy atom. The first kappa shape index (κ1) is 20.8. The molecule has 0 saturated carbocycles. The van der Waals surface area contributed by atoms with Gasteiger partial charge in [0.1, 0.15) is 0 Å². The number of nitrogens with one attached hydrogen (secondary N) is 1. The minimum atomic E-state index is -0.0329. The van der Waals surface area contributed by atoms with Crippen molar-refractivity contribution < 1.29 is 9.59 Å². The summed E-state index contributed by atoms with van der Waals surface area (Å²) in [6, 6.07) is 18.2. The summed E-state index contributed by atoms with van der Waals surface area (Å²) in [7, 11) is 0. The van der Waals surface area contributed by atoms with E-state index in [1.54, 1.807) is 6.08 Å². The zero-order valence-electron chi connectivity index (χ0n) is 17.3. The summed E-state index contributed by atoms with van der Waals surface area (Å²) >= 11 is 0. The average Bonchev–Trinajstić information content (AvgIpc) is 2.78. The highest BCUT2D eigenvalue weighted by molar-refractivity contribution is 5.92. The number of likely N-dealkylation sites (tertiary alicyclic amines) is 1. The largest absolute Gasteiger partial charge is 0.349 e. The number of carbonyl (C=O) groups excluding carboxylic acids is 2. The lowest BCUT2D eigenvalue weighted by Crippen LogP contribution is -2.43. The van der Waals surface area contributed by atoms with Crippen LogP contribution < -0.4 is 5.32 Å². The van der Waals surface area contributed by atoms with Gasteiger partial charge < -0.3 is 10.2 Å². The Morgan fingerprint density at radius 2 is 1.72 bits per heavy atom. The van der Waals surface area contributed by atoms with Gasteiger partial charge in [0.2, 0.25) is 11.8 Å². The molecule has 152 valence electrons.